The van der Waals surface area contributed by atoms with E-state index in [9.17, 15) is 9.59 Å². The summed E-state index contributed by atoms with van der Waals surface area (Å²) in [6.07, 6.45) is 0.582. The van der Waals surface area contributed by atoms with Gasteiger partial charge in [0.05, 0.1) is 11.7 Å². The first-order valence-corrected chi connectivity index (χ1v) is 14.9. The highest BCUT2D eigenvalue weighted by molar-refractivity contribution is 6.04. The van der Waals surface area contributed by atoms with Crippen LogP contribution in [0.5, 0.6) is 0 Å². The second-order valence-electron chi connectivity index (χ2n) is 11.4. The minimum atomic E-state index is -0.598. The summed E-state index contributed by atoms with van der Waals surface area (Å²) >= 11 is 0. The molecule has 0 saturated carbocycles. The number of carbonyl (C=O) groups is 2. The number of rotatable bonds is 11. The van der Waals surface area contributed by atoms with E-state index in [0.717, 1.165) is 52.9 Å². The molecule has 1 aliphatic heterocycles. The van der Waals surface area contributed by atoms with E-state index in [2.05, 4.69) is 92.0 Å². The van der Waals surface area contributed by atoms with Crippen molar-refractivity contribution < 1.29 is 9.59 Å². The molecule has 2 heterocycles. The van der Waals surface area contributed by atoms with Gasteiger partial charge in [-0.05, 0) is 48.7 Å². The molecule has 4 aromatic rings. The Morgan fingerprint density at radius 3 is 2.29 bits per heavy atom. The maximum absolute atomic E-state index is 14.3. The number of benzene rings is 3. The Balaban J connectivity index is 1.67. The molecule has 0 bridgehead atoms. The highest BCUT2D eigenvalue weighted by Gasteiger charge is 2.46. The molecule has 0 saturated heterocycles. The Hall–Kier alpha value is -3.90. The summed E-state index contributed by atoms with van der Waals surface area (Å²) in [7, 11) is 2.09. The summed E-state index contributed by atoms with van der Waals surface area (Å²) in [5.41, 5.74) is 5.95. The number of hydrogen-bond donors (Lipinski definition) is 1. The average molecular weight is 551 g/mol. The molecule has 41 heavy (non-hydrogen) atoms. The van der Waals surface area contributed by atoms with Crippen molar-refractivity contribution in [3.63, 3.8) is 0 Å². The number of fused-ring (bicyclic) bond motifs is 2. The van der Waals surface area contributed by atoms with Crippen LogP contribution in [0.4, 0.5) is 0 Å². The summed E-state index contributed by atoms with van der Waals surface area (Å²) in [5, 5.41) is 4.29. The van der Waals surface area contributed by atoms with Crippen molar-refractivity contribution in [2.75, 3.05) is 26.2 Å². The van der Waals surface area contributed by atoms with Crippen molar-refractivity contribution in [3.8, 4) is 11.3 Å². The van der Waals surface area contributed by atoms with Crippen LogP contribution in [-0.4, -0.2) is 58.4 Å². The van der Waals surface area contributed by atoms with Gasteiger partial charge in [-0.2, -0.15) is 0 Å². The minimum absolute atomic E-state index is 0.0814. The molecule has 0 fully saturated rings. The summed E-state index contributed by atoms with van der Waals surface area (Å²) in [6.45, 7) is 11.7. The lowest BCUT2D eigenvalue weighted by molar-refractivity contribution is -0.126. The fraction of sp³-hybridized carbons (Fsp3) is 0.371. The number of hydrogen-bond acceptors (Lipinski definition) is 3. The van der Waals surface area contributed by atoms with Crippen molar-refractivity contribution in [2.24, 2.45) is 13.0 Å². The van der Waals surface area contributed by atoms with E-state index in [1.807, 2.05) is 41.3 Å². The zero-order valence-corrected chi connectivity index (χ0v) is 24.9. The molecule has 2 unspecified atom stereocenters. The van der Waals surface area contributed by atoms with Gasteiger partial charge in [0.2, 0.25) is 5.91 Å². The SMILES string of the molecule is CCN(CC)CCNC(=O)C(CC(C)C)N1C(=O)c2ccccc2C1c1c(-c2ccccc2)n(C)c2ccccc12. The molecule has 0 spiro atoms. The lowest BCUT2D eigenvalue weighted by Crippen LogP contribution is -2.50. The molecule has 3 aromatic carbocycles. The molecular formula is C35H42N4O2. The Kier molecular flexibility index (Phi) is 8.60. The third-order valence-electron chi connectivity index (χ3n) is 8.42. The average Bonchev–Trinajstić information content (AvgIpc) is 3.44. The number of aryl methyl sites for hydroxylation is 1. The predicted octanol–water partition coefficient (Wildman–Crippen LogP) is 6.26. The van der Waals surface area contributed by atoms with Gasteiger partial charge >= 0.3 is 0 Å². The van der Waals surface area contributed by atoms with Crippen molar-refractivity contribution in [1.82, 2.24) is 19.7 Å². The molecule has 1 aromatic heterocycles. The van der Waals surface area contributed by atoms with Gasteiger partial charge in [0.25, 0.3) is 5.91 Å². The number of amides is 2. The maximum atomic E-state index is 14.3. The quantitative estimate of drug-likeness (QED) is 0.240. The van der Waals surface area contributed by atoms with Crippen LogP contribution in [0.1, 0.15) is 61.6 Å². The standard InChI is InChI=1S/C35H42N4O2/c1-6-38(7-2)22-21-36-34(40)30(23-24(3)4)39-33(26-17-11-12-18-27(26)35(39)41)31-28-19-13-14-20-29(28)37(5)32(31)25-15-9-8-10-16-25/h8-20,24,30,33H,6-7,21-23H2,1-5H3,(H,36,40). The first-order valence-electron chi connectivity index (χ1n) is 14.9. The highest BCUT2D eigenvalue weighted by Crippen LogP contribution is 2.47. The molecule has 0 aliphatic carbocycles. The van der Waals surface area contributed by atoms with Crippen LogP contribution in [0.25, 0.3) is 22.2 Å². The van der Waals surface area contributed by atoms with Gasteiger partial charge in [0.1, 0.15) is 6.04 Å². The van der Waals surface area contributed by atoms with Crippen LogP contribution in [0.3, 0.4) is 0 Å². The number of nitrogens with one attached hydrogen (secondary N) is 1. The molecule has 2 amide bonds. The fourth-order valence-electron chi connectivity index (χ4n) is 6.39. The molecule has 1 aliphatic rings. The largest absolute Gasteiger partial charge is 0.353 e. The van der Waals surface area contributed by atoms with Gasteiger partial charge < -0.3 is 19.7 Å². The Bertz CT molecular complexity index is 1520. The van der Waals surface area contributed by atoms with Crippen LogP contribution < -0.4 is 5.32 Å². The topological polar surface area (TPSA) is 57.6 Å². The van der Waals surface area contributed by atoms with E-state index < -0.39 is 12.1 Å². The number of nitrogens with zero attached hydrogens (tertiary/aromatic N) is 3. The first kappa shape index (κ1) is 28.6. The monoisotopic (exact) mass is 550 g/mol. The smallest absolute Gasteiger partial charge is 0.255 e. The van der Waals surface area contributed by atoms with Crippen molar-refractivity contribution >= 4 is 22.7 Å². The third kappa shape index (κ3) is 5.41. The summed E-state index contributed by atoms with van der Waals surface area (Å²) in [6, 6.07) is 25.6. The zero-order valence-electron chi connectivity index (χ0n) is 24.9. The molecule has 5 rings (SSSR count). The second-order valence-corrected chi connectivity index (χ2v) is 11.4. The molecule has 0 radical (unpaired) electrons. The van der Waals surface area contributed by atoms with Crippen LogP contribution >= 0.6 is 0 Å². The van der Waals surface area contributed by atoms with Gasteiger partial charge in [-0.1, -0.05) is 94.4 Å². The van der Waals surface area contributed by atoms with E-state index in [1.54, 1.807) is 0 Å². The van der Waals surface area contributed by atoms with Crippen LogP contribution in [-0.2, 0) is 11.8 Å². The van der Waals surface area contributed by atoms with Gasteiger partial charge in [0, 0.05) is 42.2 Å². The lowest BCUT2D eigenvalue weighted by atomic mass is 9.91. The molecule has 1 N–H and O–H groups in total. The minimum Gasteiger partial charge on any atom is -0.353 e. The van der Waals surface area contributed by atoms with Crippen LogP contribution in [0, 0.1) is 5.92 Å². The number of likely N-dealkylation sites (N-methyl/N-ethyl adjacent to an activating group) is 1. The third-order valence-corrected chi connectivity index (χ3v) is 8.42. The van der Waals surface area contributed by atoms with E-state index in [1.165, 1.54) is 0 Å². The van der Waals surface area contributed by atoms with E-state index in [-0.39, 0.29) is 17.7 Å². The lowest BCUT2D eigenvalue weighted by Gasteiger charge is -2.34. The van der Waals surface area contributed by atoms with Gasteiger partial charge in [0.15, 0.2) is 0 Å². The molecule has 6 heteroatoms. The number of carbonyl (C=O) groups excluding carboxylic acids is 2. The molecule has 2 atom stereocenters. The highest BCUT2D eigenvalue weighted by atomic mass is 16.2. The Morgan fingerprint density at radius 2 is 1.59 bits per heavy atom. The van der Waals surface area contributed by atoms with Gasteiger partial charge in [-0.3, -0.25) is 9.59 Å². The Labute approximate surface area is 244 Å². The maximum Gasteiger partial charge on any atom is 0.255 e. The summed E-state index contributed by atoms with van der Waals surface area (Å²) in [4.78, 5) is 32.5. The molecule has 6 nitrogen and oxygen atoms in total. The predicted molar refractivity (Wildman–Crippen MR) is 167 cm³/mol. The van der Waals surface area contributed by atoms with Crippen molar-refractivity contribution in [2.45, 2.75) is 46.2 Å². The summed E-state index contributed by atoms with van der Waals surface area (Å²) in [5.74, 6) is 0.0624. The molecular weight excluding hydrogens is 508 g/mol. The van der Waals surface area contributed by atoms with Gasteiger partial charge in [-0.25, -0.2) is 0 Å². The van der Waals surface area contributed by atoms with E-state index >= 15 is 0 Å². The summed E-state index contributed by atoms with van der Waals surface area (Å²) < 4.78 is 2.23. The van der Waals surface area contributed by atoms with E-state index in [0.29, 0.717) is 18.5 Å². The van der Waals surface area contributed by atoms with Gasteiger partial charge in [-0.15, -0.1) is 0 Å². The second kappa shape index (κ2) is 12.3. The fourth-order valence-corrected chi connectivity index (χ4v) is 6.39. The van der Waals surface area contributed by atoms with E-state index in [4.69, 9.17) is 0 Å². The van der Waals surface area contributed by atoms with Crippen LogP contribution in [0.15, 0.2) is 78.9 Å². The van der Waals surface area contributed by atoms with Crippen molar-refractivity contribution in [1.29, 1.82) is 0 Å². The number of para-hydroxylation sites is 1. The first-order chi connectivity index (χ1) is 19.9. The zero-order chi connectivity index (χ0) is 29.1. The van der Waals surface area contributed by atoms with Crippen LogP contribution in [0.2, 0.25) is 0 Å². The number of aromatic nitrogens is 1. The Morgan fingerprint density at radius 1 is 0.927 bits per heavy atom. The molecule has 214 valence electrons. The van der Waals surface area contributed by atoms with Crippen molar-refractivity contribution in [3.05, 3.63) is 95.6 Å². The normalized spacial score (nSPS) is 15.6.